The zero-order valence-electron chi connectivity index (χ0n) is 13.4. The first kappa shape index (κ1) is 16.7. The van der Waals surface area contributed by atoms with Crippen molar-refractivity contribution in [3.05, 3.63) is 21.4 Å². The monoisotopic (exact) mass is 282 g/mol. The Morgan fingerprint density at radius 2 is 1.63 bits per heavy atom. The summed E-state index contributed by atoms with van der Waals surface area (Å²) in [6.45, 7) is 16.5. The van der Waals surface area contributed by atoms with Crippen LogP contribution in [0.4, 0.5) is 0 Å². The first-order chi connectivity index (χ1) is 8.85. The molecule has 0 radical (unpaired) electrons. The van der Waals surface area contributed by atoms with Crippen LogP contribution in [0.25, 0.3) is 0 Å². The number of hydrogen-bond donors (Lipinski definition) is 1. The standard InChI is InChI=1S/C16H30N2S/c1-11(2)9-18(10-12(3)4)16(8-17)15-7-13(5)19-14(15)6/h7,11-12,16H,8-10,17H2,1-6H3. The first-order valence-electron chi connectivity index (χ1n) is 7.36. The van der Waals surface area contributed by atoms with Gasteiger partial charge in [0.2, 0.25) is 0 Å². The molecular weight excluding hydrogens is 252 g/mol. The minimum Gasteiger partial charge on any atom is -0.329 e. The molecule has 1 aromatic rings. The van der Waals surface area contributed by atoms with E-state index < -0.39 is 0 Å². The van der Waals surface area contributed by atoms with Crippen molar-refractivity contribution in [2.45, 2.75) is 47.6 Å². The van der Waals surface area contributed by atoms with Crippen LogP contribution in [0.3, 0.4) is 0 Å². The molecule has 0 fully saturated rings. The maximum atomic E-state index is 6.10. The first-order valence-corrected chi connectivity index (χ1v) is 8.17. The van der Waals surface area contributed by atoms with E-state index in [1.165, 1.54) is 15.3 Å². The molecule has 0 saturated carbocycles. The summed E-state index contributed by atoms with van der Waals surface area (Å²) in [6.07, 6.45) is 0. The van der Waals surface area contributed by atoms with Crippen LogP contribution in [-0.4, -0.2) is 24.5 Å². The summed E-state index contributed by atoms with van der Waals surface area (Å²) in [7, 11) is 0. The molecule has 0 aliphatic carbocycles. The Labute approximate surface area is 123 Å². The zero-order valence-corrected chi connectivity index (χ0v) is 14.2. The van der Waals surface area contributed by atoms with Crippen LogP contribution < -0.4 is 5.73 Å². The molecule has 0 saturated heterocycles. The summed E-state index contributed by atoms with van der Waals surface area (Å²) in [5.41, 5.74) is 7.53. The highest BCUT2D eigenvalue weighted by molar-refractivity contribution is 7.12. The molecule has 1 aromatic heterocycles. The maximum absolute atomic E-state index is 6.10. The van der Waals surface area contributed by atoms with Crippen LogP contribution in [0.1, 0.15) is 49.1 Å². The fourth-order valence-corrected chi connectivity index (χ4v) is 3.70. The van der Waals surface area contributed by atoms with Crippen LogP contribution in [0.15, 0.2) is 6.07 Å². The molecule has 2 N–H and O–H groups in total. The van der Waals surface area contributed by atoms with E-state index in [9.17, 15) is 0 Å². The second kappa shape index (κ2) is 7.41. The van der Waals surface area contributed by atoms with E-state index in [0.717, 1.165) is 13.1 Å². The highest BCUT2D eigenvalue weighted by Crippen LogP contribution is 2.30. The zero-order chi connectivity index (χ0) is 14.6. The Bertz CT molecular complexity index is 372. The van der Waals surface area contributed by atoms with Gasteiger partial charge >= 0.3 is 0 Å². The normalized spacial score (nSPS) is 13.8. The van der Waals surface area contributed by atoms with Gasteiger partial charge in [-0.25, -0.2) is 0 Å². The van der Waals surface area contributed by atoms with Gasteiger partial charge in [-0.05, 0) is 37.3 Å². The average Bonchev–Trinajstić information content (AvgIpc) is 2.57. The van der Waals surface area contributed by atoms with Gasteiger partial charge in [-0.3, -0.25) is 4.90 Å². The second-order valence-electron chi connectivity index (χ2n) is 6.36. The minimum absolute atomic E-state index is 0.370. The molecule has 1 unspecified atom stereocenters. The molecule has 2 nitrogen and oxygen atoms in total. The Morgan fingerprint density at radius 3 is 1.95 bits per heavy atom. The van der Waals surface area contributed by atoms with Crippen molar-refractivity contribution in [1.82, 2.24) is 4.90 Å². The summed E-state index contributed by atoms with van der Waals surface area (Å²) in [4.78, 5) is 5.38. The molecular formula is C16H30N2S. The summed E-state index contributed by atoms with van der Waals surface area (Å²) in [6, 6.07) is 2.69. The Morgan fingerprint density at radius 1 is 1.11 bits per heavy atom. The Kier molecular flexibility index (Phi) is 6.51. The minimum atomic E-state index is 0.370. The van der Waals surface area contributed by atoms with Crippen molar-refractivity contribution in [2.24, 2.45) is 17.6 Å². The lowest BCUT2D eigenvalue weighted by Gasteiger charge is -2.34. The van der Waals surface area contributed by atoms with Gasteiger partial charge in [0.1, 0.15) is 0 Å². The topological polar surface area (TPSA) is 29.3 Å². The van der Waals surface area contributed by atoms with Crippen LogP contribution >= 0.6 is 11.3 Å². The molecule has 3 heteroatoms. The molecule has 0 bridgehead atoms. The van der Waals surface area contributed by atoms with Gasteiger partial charge in [-0.15, -0.1) is 11.3 Å². The number of aryl methyl sites for hydroxylation is 2. The van der Waals surface area contributed by atoms with Gasteiger partial charge in [0, 0.05) is 35.4 Å². The summed E-state index contributed by atoms with van der Waals surface area (Å²) >= 11 is 1.89. The van der Waals surface area contributed by atoms with Crippen molar-refractivity contribution in [3.8, 4) is 0 Å². The highest BCUT2D eigenvalue weighted by atomic mass is 32.1. The molecule has 0 spiro atoms. The van der Waals surface area contributed by atoms with Gasteiger partial charge < -0.3 is 5.73 Å². The molecule has 1 rings (SSSR count). The largest absolute Gasteiger partial charge is 0.329 e. The molecule has 0 amide bonds. The summed E-state index contributed by atoms with van der Waals surface area (Å²) in [5, 5.41) is 0. The lowest BCUT2D eigenvalue weighted by atomic mass is 10.0. The number of thiophene rings is 1. The molecule has 110 valence electrons. The van der Waals surface area contributed by atoms with Crippen LogP contribution in [-0.2, 0) is 0 Å². The third kappa shape index (κ3) is 4.90. The second-order valence-corrected chi connectivity index (χ2v) is 7.82. The van der Waals surface area contributed by atoms with Gasteiger partial charge in [0.05, 0.1) is 0 Å². The molecule has 1 atom stereocenters. The molecule has 1 heterocycles. The lowest BCUT2D eigenvalue weighted by molar-refractivity contribution is 0.160. The smallest absolute Gasteiger partial charge is 0.0481 e. The van der Waals surface area contributed by atoms with Crippen LogP contribution in [0, 0.1) is 25.7 Å². The van der Waals surface area contributed by atoms with E-state index in [1.807, 2.05) is 11.3 Å². The van der Waals surface area contributed by atoms with Crippen molar-refractivity contribution in [1.29, 1.82) is 0 Å². The summed E-state index contributed by atoms with van der Waals surface area (Å²) < 4.78 is 0. The van der Waals surface area contributed by atoms with E-state index in [1.54, 1.807) is 0 Å². The Balaban J connectivity index is 2.97. The van der Waals surface area contributed by atoms with Crippen LogP contribution in [0.5, 0.6) is 0 Å². The maximum Gasteiger partial charge on any atom is 0.0481 e. The predicted octanol–water partition coefficient (Wildman–Crippen LogP) is 3.98. The van der Waals surface area contributed by atoms with Gasteiger partial charge in [0.25, 0.3) is 0 Å². The third-order valence-corrected chi connectivity index (χ3v) is 4.28. The highest BCUT2D eigenvalue weighted by Gasteiger charge is 2.23. The third-order valence-electron chi connectivity index (χ3n) is 3.30. The average molecular weight is 282 g/mol. The number of nitrogens with zero attached hydrogens (tertiary/aromatic N) is 1. The quantitative estimate of drug-likeness (QED) is 0.819. The van der Waals surface area contributed by atoms with Crippen molar-refractivity contribution >= 4 is 11.3 Å². The molecule has 0 aliphatic rings. The molecule has 19 heavy (non-hydrogen) atoms. The van der Waals surface area contributed by atoms with Crippen molar-refractivity contribution in [2.75, 3.05) is 19.6 Å². The fraction of sp³-hybridized carbons (Fsp3) is 0.750. The SMILES string of the molecule is Cc1cc(C(CN)N(CC(C)C)CC(C)C)c(C)s1. The van der Waals surface area contributed by atoms with Crippen molar-refractivity contribution in [3.63, 3.8) is 0 Å². The van der Waals surface area contributed by atoms with Crippen LogP contribution in [0.2, 0.25) is 0 Å². The summed E-state index contributed by atoms with van der Waals surface area (Å²) in [5.74, 6) is 1.35. The van der Waals surface area contributed by atoms with Gasteiger partial charge in [-0.1, -0.05) is 27.7 Å². The van der Waals surface area contributed by atoms with Crippen molar-refractivity contribution < 1.29 is 0 Å². The van der Waals surface area contributed by atoms with E-state index in [-0.39, 0.29) is 0 Å². The predicted molar refractivity (Wildman–Crippen MR) is 86.8 cm³/mol. The van der Waals surface area contributed by atoms with E-state index >= 15 is 0 Å². The van der Waals surface area contributed by atoms with E-state index in [0.29, 0.717) is 24.4 Å². The lowest BCUT2D eigenvalue weighted by Crippen LogP contribution is -2.38. The van der Waals surface area contributed by atoms with Gasteiger partial charge in [-0.2, -0.15) is 0 Å². The number of rotatable bonds is 7. The number of hydrogen-bond acceptors (Lipinski definition) is 3. The van der Waals surface area contributed by atoms with E-state index in [2.05, 4.69) is 52.5 Å². The van der Waals surface area contributed by atoms with E-state index in [4.69, 9.17) is 5.73 Å². The van der Waals surface area contributed by atoms with Gasteiger partial charge in [0.15, 0.2) is 0 Å². The molecule has 0 aliphatic heterocycles. The molecule has 0 aromatic carbocycles. The Hall–Kier alpha value is -0.380. The number of nitrogens with two attached hydrogens (primary N) is 1. The fourth-order valence-electron chi connectivity index (χ4n) is 2.72.